The first-order chi connectivity index (χ1) is 35.3. The number of amides is 7. The quantitative estimate of drug-likeness (QED) is 0.0832. The minimum Gasteiger partial charge on any atom is -0.508 e. The molecule has 3 aromatic carbocycles. The average Bonchev–Trinajstić information content (AvgIpc) is 4.06. The SMILES string of the molecule is CCCCCCCCOc1ccc(-c2ccc(C(=O)N[C@H]3CCCNC(=O)[C@@H]4CC(N)CN4C(=O)[C@H](CCCN)NC(=O)[C@H](CCc4ccc(O)cc4)NC(=O)[C@@H]4CCCN4C(=O)[C@H](CO)NC3=O)cc2)cc1. The van der Waals surface area contributed by atoms with E-state index in [0.29, 0.717) is 19.4 Å². The van der Waals surface area contributed by atoms with Crippen LogP contribution in [-0.4, -0.2) is 143 Å². The lowest BCUT2D eigenvalue weighted by Crippen LogP contribution is -2.59. The highest BCUT2D eigenvalue weighted by Gasteiger charge is 2.43. The maximum Gasteiger partial charge on any atom is 0.251 e. The molecule has 3 aliphatic heterocycles. The maximum atomic E-state index is 14.4. The molecule has 0 bridgehead atoms. The lowest BCUT2D eigenvalue weighted by molar-refractivity contribution is -0.143. The number of aliphatic hydroxyl groups is 1. The van der Waals surface area contributed by atoms with Crippen molar-refractivity contribution in [2.75, 3.05) is 39.4 Å². The van der Waals surface area contributed by atoms with Gasteiger partial charge >= 0.3 is 0 Å². The molecule has 6 rings (SSSR count). The van der Waals surface area contributed by atoms with Crippen molar-refractivity contribution < 1.29 is 48.5 Å². The van der Waals surface area contributed by atoms with Gasteiger partial charge in [0, 0.05) is 31.2 Å². The van der Waals surface area contributed by atoms with Crippen LogP contribution in [0.5, 0.6) is 11.5 Å². The summed E-state index contributed by atoms with van der Waals surface area (Å²) in [5.41, 5.74) is 15.0. The van der Waals surface area contributed by atoms with Crippen LogP contribution in [0.15, 0.2) is 72.8 Å². The lowest BCUT2D eigenvalue weighted by Gasteiger charge is -2.31. The van der Waals surface area contributed by atoms with Gasteiger partial charge < -0.3 is 62.8 Å². The Morgan fingerprint density at radius 3 is 2.07 bits per heavy atom. The molecule has 73 heavy (non-hydrogen) atoms. The number of fused-ring (bicyclic) bond motifs is 2. The lowest BCUT2D eigenvalue weighted by atomic mass is 10.0. The van der Waals surface area contributed by atoms with Crippen LogP contribution in [-0.2, 0) is 35.2 Å². The van der Waals surface area contributed by atoms with E-state index in [9.17, 15) is 43.8 Å². The summed E-state index contributed by atoms with van der Waals surface area (Å²) in [6.07, 6.45) is 8.83. The number of unbranched alkanes of at least 4 members (excludes halogenated alkanes) is 5. The van der Waals surface area contributed by atoms with Gasteiger partial charge in [-0.2, -0.15) is 0 Å². The van der Waals surface area contributed by atoms with E-state index < -0.39 is 90.3 Å². The third kappa shape index (κ3) is 16.0. The number of nitrogens with two attached hydrogens (primary N) is 2. The molecule has 3 fully saturated rings. The van der Waals surface area contributed by atoms with Crippen LogP contribution in [0.4, 0.5) is 0 Å². The van der Waals surface area contributed by atoms with Crippen molar-refractivity contribution in [3.63, 3.8) is 0 Å². The summed E-state index contributed by atoms with van der Waals surface area (Å²) in [6.45, 7) is 2.43. The van der Waals surface area contributed by atoms with Crippen LogP contribution in [0.2, 0.25) is 0 Å². The maximum absolute atomic E-state index is 14.4. The summed E-state index contributed by atoms with van der Waals surface area (Å²) < 4.78 is 5.94. The number of hydrogen-bond acceptors (Lipinski definition) is 12. The normalized spacial score (nSPS) is 23.6. The first kappa shape index (κ1) is 55.7. The van der Waals surface area contributed by atoms with Gasteiger partial charge in [0.1, 0.15) is 47.8 Å². The number of carbonyl (C=O) groups excluding carboxylic acids is 7. The monoisotopic (exact) mass is 1010 g/mol. The van der Waals surface area contributed by atoms with Gasteiger partial charge in [-0.3, -0.25) is 33.6 Å². The summed E-state index contributed by atoms with van der Waals surface area (Å²) >= 11 is 0. The standard InChI is InChI=1S/C54H75N9O10/c1-2-3-4-5-6-7-31-73-41-25-21-37(22-26-41)36-17-19-38(20-18-36)48(66)58-42-12-9-29-57-51(69)47-32-39(56)33-63(47)53(71)44(11-8-28-55)60-50(68)43(27-16-35-14-23-40(65)24-15-35)59-52(70)46-13-10-30-62(46)54(72)45(34-64)61-49(42)67/h14-15,17-26,39,42-47,64-65H,2-13,16,27-34,55-56H2,1H3,(H,57,69)(H,58,66)(H,59,70)(H,60,68)(H,61,67)/t39?,42-,43-,44-,45-,46-,47-/m0/s1. The number of phenolic OH excluding ortho intramolecular Hbond substituents is 1. The number of phenols is 1. The Morgan fingerprint density at radius 2 is 1.37 bits per heavy atom. The molecule has 19 nitrogen and oxygen atoms in total. The smallest absolute Gasteiger partial charge is 0.251 e. The molecule has 7 amide bonds. The third-order valence-electron chi connectivity index (χ3n) is 13.8. The van der Waals surface area contributed by atoms with E-state index in [1.54, 1.807) is 36.4 Å². The van der Waals surface area contributed by atoms with Gasteiger partial charge in [-0.15, -0.1) is 0 Å². The van der Waals surface area contributed by atoms with Gasteiger partial charge in [0.2, 0.25) is 35.4 Å². The Kier molecular flexibility index (Phi) is 21.4. The summed E-state index contributed by atoms with van der Waals surface area (Å²) in [4.78, 5) is 101. The molecule has 7 atom stereocenters. The Labute approximate surface area is 427 Å². The van der Waals surface area contributed by atoms with Crippen LogP contribution in [0.3, 0.4) is 0 Å². The summed E-state index contributed by atoms with van der Waals surface area (Å²) in [7, 11) is 0. The minimum absolute atomic E-state index is 0.00412. The first-order valence-electron chi connectivity index (χ1n) is 26.1. The molecular weight excluding hydrogens is 935 g/mol. The highest BCUT2D eigenvalue weighted by Crippen LogP contribution is 2.25. The Bertz CT molecular complexity index is 2320. The number of benzene rings is 3. The van der Waals surface area contributed by atoms with E-state index >= 15 is 0 Å². The number of aromatic hydroxyl groups is 1. The molecule has 3 aromatic rings. The molecule has 0 aliphatic carbocycles. The number of rotatable bonds is 18. The molecular formula is C54H75N9O10. The van der Waals surface area contributed by atoms with Crippen LogP contribution >= 0.6 is 0 Å². The second kappa shape index (κ2) is 28.0. The second-order valence-electron chi connectivity index (χ2n) is 19.4. The van der Waals surface area contributed by atoms with E-state index in [1.165, 1.54) is 47.6 Å². The zero-order valence-electron chi connectivity index (χ0n) is 42.0. The van der Waals surface area contributed by atoms with Crippen molar-refractivity contribution in [1.82, 2.24) is 36.4 Å². The van der Waals surface area contributed by atoms with Crippen LogP contribution in [0.1, 0.15) is 113 Å². The average molecular weight is 1010 g/mol. The number of hydrogen-bond donors (Lipinski definition) is 9. The van der Waals surface area contributed by atoms with Crippen LogP contribution < -0.4 is 42.8 Å². The van der Waals surface area contributed by atoms with Gasteiger partial charge in [-0.25, -0.2) is 0 Å². The molecule has 396 valence electrons. The molecule has 3 aliphatic rings. The highest BCUT2D eigenvalue weighted by atomic mass is 16.5. The first-order valence-corrected chi connectivity index (χ1v) is 26.1. The zero-order valence-corrected chi connectivity index (χ0v) is 42.0. The minimum atomic E-state index is -1.50. The van der Waals surface area contributed by atoms with Crippen molar-refractivity contribution >= 4 is 41.4 Å². The number of ether oxygens (including phenoxy) is 1. The Morgan fingerprint density at radius 1 is 0.712 bits per heavy atom. The van der Waals surface area contributed by atoms with Crippen LogP contribution in [0.25, 0.3) is 11.1 Å². The predicted octanol–water partition coefficient (Wildman–Crippen LogP) is 2.54. The van der Waals surface area contributed by atoms with Crippen molar-refractivity contribution in [2.45, 2.75) is 146 Å². The third-order valence-corrected chi connectivity index (χ3v) is 13.8. The fraction of sp³-hybridized carbons (Fsp3) is 0.537. The van der Waals surface area contributed by atoms with Crippen molar-refractivity contribution in [2.24, 2.45) is 11.5 Å². The van der Waals surface area contributed by atoms with Gasteiger partial charge in [0.15, 0.2) is 0 Å². The number of aliphatic hydroxyl groups excluding tert-OH is 1. The number of nitrogens with one attached hydrogen (secondary N) is 5. The van der Waals surface area contributed by atoms with Crippen molar-refractivity contribution in [3.8, 4) is 22.6 Å². The highest BCUT2D eigenvalue weighted by molar-refractivity contribution is 6.00. The van der Waals surface area contributed by atoms with E-state index in [-0.39, 0.29) is 82.4 Å². The Balaban J connectivity index is 1.20. The fourth-order valence-corrected chi connectivity index (χ4v) is 9.66. The van der Waals surface area contributed by atoms with Crippen LogP contribution in [0, 0.1) is 0 Å². The van der Waals surface area contributed by atoms with E-state index in [2.05, 4.69) is 33.5 Å². The number of aryl methyl sites for hydroxylation is 1. The second-order valence-corrected chi connectivity index (χ2v) is 19.4. The largest absolute Gasteiger partial charge is 0.508 e. The van der Waals surface area contributed by atoms with Gasteiger partial charge in [0.25, 0.3) is 5.91 Å². The molecule has 1 unspecified atom stereocenters. The molecule has 3 heterocycles. The number of nitrogens with zero attached hydrogens (tertiary/aromatic N) is 2. The van der Waals surface area contributed by atoms with Crippen molar-refractivity contribution in [1.29, 1.82) is 0 Å². The topological polar surface area (TPSA) is 288 Å². The summed E-state index contributed by atoms with van der Waals surface area (Å²) in [5, 5.41) is 34.3. The van der Waals surface area contributed by atoms with E-state index in [0.717, 1.165) is 35.3 Å². The molecule has 0 radical (unpaired) electrons. The summed E-state index contributed by atoms with van der Waals surface area (Å²) in [5.74, 6) is -3.63. The molecule has 0 spiro atoms. The van der Waals surface area contributed by atoms with E-state index in [4.69, 9.17) is 16.2 Å². The molecule has 0 saturated carbocycles. The predicted molar refractivity (Wildman–Crippen MR) is 275 cm³/mol. The molecule has 3 saturated heterocycles. The van der Waals surface area contributed by atoms with Gasteiger partial charge in [-0.1, -0.05) is 75.4 Å². The number of carbonyl (C=O) groups is 7. The molecule has 19 heteroatoms. The molecule has 0 aromatic heterocycles. The Hall–Kier alpha value is -6.57. The fourth-order valence-electron chi connectivity index (χ4n) is 9.66. The molecule has 11 N–H and O–H groups in total. The summed E-state index contributed by atoms with van der Waals surface area (Å²) in [6, 6.07) is 13.3. The van der Waals surface area contributed by atoms with Gasteiger partial charge in [0.05, 0.1) is 13.2 Å². The van der Waals surface area contributed by atoms with E-state index in [1.807, 2.05) is 24.3 Å². The zero-order chi connectivity index (χ0) is 52.3. The van der Waals surface area contributed by atoms with Gasteiger partial charge in [-0.05, 0) is 124 Å². The van der Waals surface area contributed by atoms with Crippen molar-refractivity contribution in [3.05, 3.63) is 83.9 Å².